The van der Waals surface area contributed by atoms with Gasteiger partial charge in [0.15, 0.2) is 5.78 Å². The maximum atomic E-state index is 12.6. The van der Waals surface area contributed by atoms with Crippen LogP contribution in [0.3, 0.4) is 0 Å². The van der Waals surface area contributed by atoms with Crippen LogP contribution in [0.2, 0.25) is 0 Å². The first kappa shape index (κ1) is 17.7. The van der Waals surface area contributed by atoms with Gasteiger partial charge in [0.25, 0.3) is 0 Å². The zero-order valence-corrected chi connectivity index (χ0v) is 14.3. The lowest BCUT2D eigenvalue weighted by Gasteiger charge is -2.17. The van der Waals surface area contributed by atoms with Crippen LogP contribution in [0, 0.1) is 20.8 Å². The van der Waals surface area contributed by atoms with E-state index in [0.717, 1.165) is 5.56 Å². The number of hydrogen-bond donors (Lipinski definition) is 3. The van der Waals surface area contributed by atoms with E-state index in [1.807, 2.05) is 6.92 Å². The molecule has 0 atom stereocenters. The molecule has 0 radical (unpaired) electrons. The van der Waals surface area contributed by atoms with Crippen molar-refractivity contribution in [3.8, 4) is 23.0 Å². The number of Topliss-reactive ketones (excluding diaryl/α,β-unsaturated/α-hetero) is 1. The summed E-state index contributed by atoms with van der Waals surface area (Å²) in [5.74, 6) is 0.266. The van der Waals surface area contributed by atoms with E-state index >= 15 is 0 Å². The van der Waals surface area contributed by atoms with Crippen molar-refractivity contribution in [3.63, 3.8) is 0 Å². The molecule has 0 aliphatic heterocycles. The molecule has 0 aromatic heterocycles. The zero-order valence-electron chi connectivity index (χ0n) is 14.3. The lowest BCUT2D eigenvalue weighted by Crippen LogP contribution is -2.08. The first-order valence-electron chi connectivity index (χ1n) is 7.68. The third-order valence-electron chi connectivity index (χ3n) is 4.38. The van der Waals surface area contributed by atoms with Crippen molar-refractivity contribution in [3.05, 3.63) is 46.0 Å². The Hall–Kier alpha value is -2.69. The zero-order chi connectivity index (χ0) is 18.0. The van der Waals surface area contributed by atoms with E-state index in [1.54, 1.807) is 19.9 Å². The third kappa shape index (κ3) is 3.15. The van der Waals surface area contributed by atoms with Crippen LogP contribution in [0.25, 0.3) is 0 Å². The largest absolute Gasteiger partial charge is 0.508 e. The van der Waals surface area contributed by atoms with Crippen molar-refractivity contribution >= 4 is 5.78 Å². The van der Waals surface area contributed by atoms with E-state index in [9.17, 15) is 20.1 Å². The van der Waals surface area contributed by atoms with E-state index in [0.29, 0.717) is 28.9 Å². The Bertz CT molecular complexity index is 793. The van der Waals surface area contributed by atoms with Crippen molar-refractivity contribution in [1.29, 1.82) is 0 Å². The Kier molecular flexibility index (Phi) is 5.02. The standard InChI is InChI=1S/C19H22O5/c1-10-11(2)19(24-4)12(3)17(18(10)23)15(21)8-6-13-5-7-14(20)9-16(13)22/h5,7,9,20,22-23H,6,8H2,1-4H3. The number of carbonyl (C=O) groups excluding carboxylic acids is 1. The molecule has 24 heavy (non-hydrogen) atoms. The summed E-state index contributed by atoms with van der Waals surface area (Å²) in [5.41, 5.74) is 2.86. The molecule has 2 rings (SSSR count). The number of ketones is 1. The first-order chi connectivity index (χ1) is 11.3. The van der Waals surface area contributed by atoms with Crippen molar-refractivity contribution in [1.82, 2.24) is 0 Å². The summed E-state index contributed by atoms with van der Waals surface area (Å²) in [5, 5.41) is 29.5. The lowest BCUT2D eigenvalue weighted by atomic mass is 9.92. The minimum Gasteiger partial charge on any atom is -0.508 e. The monoisotopic (exact) mass is 330 g/mol. The summed E-state index contributed by atoms with van der Waals surface area (Å²) in [4.78, 5) is 12.6. The van der Waals surface area contributed by atoms with Gasteiger partial charge in [0.1, 0.15) is 23.0 Å². The summed E-state index contributed by atoms with van der Waals surface area (Å²) in [6.07, 6.45) is 0.428. The minimum absolute atomic E-state index is 0.0225. The average Bonchev–Trinajstić information content (AvgIpc) is 2.52. The van der Waals surface area contributed by atoms with Gasteiger partial charge in [-0.25, -0.2) is 0 Å². The predicted molar refractivity (Wildman–Crippen MR) is 91.3 cm³/mol. The molecule has 0 spiro atoms. The van der Waals surface area contributed by atoms with Crippen molar-refractivity contribution in [2.75, 3.05) is 7.11 Å². The molecule has 2 aromatic carbocycles. The molecule has 0 unspecified atom stereocenters. The molecule has 0 aliphatic rings. The summed E-state index contributed by atoms with van der Waals surface area (Å²) in [6.45, 7) is 5.33. The van der Waals surface area contributed by atoms with Crippen molar-refractivity contribution < 1.29 is 24.9 Å². The molecule has 3 N–H and O–H groups in total. The molecule has 0 amide bonds. The van der Waals surface area contributed by atoms with Crippen LogP contribution < -0.4 is 4.74 Å². The Labute approximate surface area is 141 Å². The number of ether oxygens (including phenoxy) is 1. The highest BCUT2D eigenvalue weighted by atomic mass is 16.5. The van der Waals surface area contributed by atoms with Crippen molar-refractivity contribution in [2.45, 2.75) is 33.6 Å². The Morgan fingerprint density at radius 2 is 1.71 bits per heavy atom. The number of rotatable bonds is 5. The predicted octanol–water partition coefficient (Wildman–Crippen LogP) is 3.55. The van der Waals surface area contributed by atoms with Gasteiger partial charge in [-0.2, -0.15) is 0 Å². The molecule has 0 aliphatic carbocycles. The highest BCUT2D eigenvalue weighted by Crippen LogP contribution is 2.37. The van der Waals surface area contributed by atoms with Gasteiger partial charge in [0, 0.05) is 18.1 Å². The van der Waals surface area contributed by atoms with Gasteiger partial charge in [-0.05, 0) is 49.9 Å². The van der Waals surface area contributed by atoms with Gasteiger partial charge in [-0.15, -0.1) is 0 Å². The SMILES string of the molecule is COc1c(C)c(C)c(O)c(C(=O)CCc2ccc(O)cc2O)c1C. The van der Waals surface area contributed by atoms with Crippen LogP contribution in [-0.4, -0.2) is 28.2 Å². The Balaban J connectivity index is 2.32. The molecule has 0 fully saturated rings. The number of phenols is 3. The molecule has 0 saturated heterocycles. The summed E-state index contributed by atoms with van der Waals surface area (Å²) in [6, 6.07) is 4.27. The van der Waals surface area contributed by atoms with Crippen LogP contribution in [0.5, 0.6) is 23.0 Å². The molecular formula is C19H22O5. The highest BCUT2D eigenvalue weighted by molar-refractivity contribution is 6.01. The van der Waals surface area contributed by atoms with E-state index in [4.69, 9.17) is 4.74 Å². The lowest BCUT2D eigenvalue weighted by molar-refractivity contribution is 0.0979. The normalized spacial score (nSPS) is 10.7. The smallest absolute Gasteiger partial charge is 0.167 e. The Morgan fingerprint density at radius 3 is 2.29 bits per heavy atom. The molecule has 5 heteroatoms. The molecular weight excluding hydrogens is 308 g/mol. The second-order valence-electron chi connectivity index (χ2n) is 5.87. The fourth-order valence-electron chi connectivity index (χ4n) is 2.89. The van der Waals surface area contributed by atoms with E-state index < -0.39 is 0 Å². The number of carbonyl (C=O) groups is 1. The van der Waals surface area contributed by atoms with Gasteiger partial charge in [-0.1, -0.05) is 6.07 Å². The molecule has 0 bridgehead atoms. The van der Waals surface area contributed by atoms with Crippen LogP contribution in [0.4, 0.5) is 0 Å². The summed E-state index contributed by atoms with van der Waals surface area (Å²) in [7, 11) is 1.54. The number of methoxy groups -OCH3 is 1. The van der Waals surface area contributed by atoms with Crippen LogP contribution in [0.15, 0.2) is 18.2 Å². The van der Waals surface area contributed by atoms with Gasteiger partial charge < -0.3 is 20.1 Å². The molecule has 5 nitrogen and oxygen atoms in total. The molecule has 0 heterocycles. The van der Waals surface area contributed by atoms with Gasteiger partial charge in [0.2, 0.25) is 0 Å². The average molecular weight is 330 g/mol. The van der Waals surface area contributed by atoms with E-state index in [-0.39, 0.29) is 35.0 Å². The fraction of sp³-hybridized carbons (Fsp3) is 0.316. The fourth-order valence-corrected chi connectivity index (χ4v) is 2.89. The Morgan fingerprint density at radius 1 is 1.04 bits per heavy atom. The number of hydrogen-bond acceptors (Lipinski definition) is 5. The van der Waals surface area contributed by atoms with Gasteiger partial charge in [-0.3, -0.25) is 4.79 Å². The maximum Gasteiger partial charge on any atom is 0.167 e. The quantitative estimate of drug-likeness (QED) is 0.730. The highest BCUT2D eigenvalue weighted by Gasteiger charge is 2.22. The number of benzene rings is 2. The molecule has 0 saturated carbocycles. The van der Waals surface area contributed by atoms with Crippen LogP contribution in [-0.2, 0) is 6.42 Å². The second-order valence-corrected chi connectivity index (χ2v) is 5.87. The molecule has 128 valence electrons. The topological polar surface area (TPSA) is 87.0 Å². The maximum absolute atomic E-state index is 12.6. The van der Waals surface area contributed by atoms with E-state index in [2.05, 4.69) is 0 Å². The second kappa shape index (κ2) is 6.83. The third-order valence-corrected chi connectivity index (χ3v) is 4.38. The number of aromatic hydroxyl groups is 3. The van der Waals surface area contributed by atoms with Gasteiger partial charge >= 0.3 is 0 Å². The first-order valence-corrected chi connectivity index (χ1v) is 7.68. The van der Waals surface area contributed by atoms with Gasteiger partial charge in [0.05, 0.1) is 12.7 Å². The van der Waals surface area contributed by atoms with Crippen LogP contribution >= 0.6 is 0 Å². The summed E-state index contributed by atoms with van der Waals surface area (Å²) >= 11 is 0. The molecule has 2 aromatic rings. The van der Waals surface area contributed by atoms with Crippen molar-refractivity contribution in [2.24, 2.45) is 0 Å². The minimum atomic E-state index is -0.223. The van der Waals surface area contributed by atoms with Crippen LogP contribution in [0.1, 0.15) is 39.0 Å². The number of phenolic OH excluding ortho intramolecular Hbond substituents is 3. The summed E-state index contributed by atoms with van der Waals surface area (Å²) < 4.78 is 5.37. The number of aryl methyl sites for hydroxylation is 1. The van der Waals surface area contributed by atoms with E-state index in [1.165, 1.54) is 19.2 Å².